The van der Waals surface area contributed by atoms with E-state index in [-0.39, 0.29) is 17.5 Å². The zero-order chi connectivity index (χ0) is 14.8. The summed E-state index contributed by atoms with van der Waals surface area (Å²) in [6, 6.07) is 5.09. The van der Waals surface area contributed by atoms with Gasteiger partial charge in [-0.3, -0.25) is 0 Å². The maximum absolute atomic E-state index is 12.4. The molecule has 0 aliphatic carbocycles. The van der Waals surface area contributed by atoms with Gasteiger partial charge in [-0.2, -0.15) is 0 Å². The number of thiophene rings is 1. The van der Waals surface area contributed by atoms with Crippen LogP contribution in [0.5, 0.6) is 0 Å². The van der Waals surface area contributed by atoms with E-state index in [2.05, 4.69) is 4.72 Å². The van der Waals surface area contributed by atoms with Crippen LogP contribution in [0.25, 0.3) is 0 Å². The lowest BCUT2D eigenvalue weighted by atomic mass is 10.2. The molecule has 5 nitrogen and oxygen atoms in total. The Morgan fingerprint density at radius 2 is 2.25 bits per heavy atom. The predicted octanol–water partition coefficient (Wildman–Crippen LogP) is 2.01. The Morgan fingerprint density at radius 3 is 2.75 bits per heavy atom. The second kappa shape index (κ2) is 6.09. The zero-order valence-electron chi connectivity index (χ0n) is 11.4. The molecule has 7 heteroatoms. The van der Waals surface area contributed by atoms with Gasteiger partial charge in [0.15, 0.2) is 0 Å². The highest BCUT2D eigenvalue weighted by Gasteiger charge is 2.22. The molecule has 110 valence electrons. The number of rotatable bonds is 6. The van der Waals surface area contributed by atoms with E-state index in [4.69, 9.17) is 5.11 Å². The lowest BCUT2D eigenvalue weighted by molar-refractivity contribution is 0.272. The number of aromatic nitrogens is 1. The molecular formula is C13H18N2O3S2. The van der Waals surface area contributed by atoms with Crippen molar-refractivity contribution in [1.82, 2.24) is 9.29 Å². The van der Waals surface area contributed by atoms with Crippen LogP contribution in [-0.4, -0.2) is 18.1 Å². The van der Waals surface area contributed by atoms with Gasteiger partial charge in [-0.1, -0.05) is 13.0 Å². The molecule has 2 N–H and O–H groups in total. The lowest BCUT2D eigenvalue weighted by Crippen LogP contribution is -2.27. The number of aryl methyl sites for hydroxylation is 1. The van der Waals surface area contributed by atoms with E-state index in [1.807, 2.05) is 24.4 Å². The fraction of sp³-hybridized carbons (Fsp3) is 0.385. The Morgan fingerprint density at radius 1 is 1.50 bits per heavy atom. The molecule has 0 aliphatic heterocycles. The number of nitrogens with zero attached hydrogens (tertiary/aromatic N) is 1. The van der Waals surface area contributed by atoms with Gasteiger partial charge < -0.3 is 9.67 Å². The highest BCUT2D eigenvalue weighted by molar-refractivity contribution is 7.89. The Kier molecular flexibility index (Phi) is 4.64. The SMILES string of the molecule is CCC(NS(=O)(=O)c1cc(CO)n(C)c1)c1cccs1. The van der Waals surface area contributed by atoms with Crippen molar-refractivity contribution in [1.29, 1.82) is 0 Å². The van der Waals surface area contributed by atoms with Crippen molar-refractivity contribution < 1.29 is 13.5 Å². The monoisotopic (exact) mass is 314 g/mol. The van der Waals surface area contributed by atoms with Gasteiger partial charge >= 0.3 is 0 Å². The van der Waals surface area contributed by atoms with Crippen molar-refractivity contribution in [3.63, 3.8) is 0 Å². The Bertz CT molecular complexity index is 660. The van der Waals surface area contributed by atoms with Gasteiger partial charge in [0.05, 0.1) is 17.5 Å². The van der Waals surface area contributed by atoms with Crippen LogP contribution in [0.2, 0.25) is 0 Å². The number of hydrogen-bond donors (Lipinski definition) is 2. The molecule has 2 aromatic heterocycles. The maximum atomic E-state index is 12.4. The molecule has 0 saturated carbocycles. The van der Waals surface area contributed by atoms with E-state index in [1.165, 1.54) is 23.6 Å². The van der Waals surface area contributed by atoms with Gasteiger partial charge in [-0.25, -0.2) is 13.1 Å². The molecule has 2 rings (SSSR count). The summed E-state index contributed by atoms with van der Waals surface area (Å²) in [6.45, 7) is 1.76. The summed E-state index contributed by atoms with van der Waals surface area (Å²) in [6.07, 6.45) is 2.19. The third-order valence-electron chi connectivity index (χ3n) is 3.15. The third kappa shape index (κ3) is 3.12. The van der Waals surface area contributed by atoms with Crippen LogP contribution in [0.1, 0.15) is 30.0 Å². The van der Waals surface area contributed by atoms with Crippen molar-refractivity contribution in [2.45, 2.75) is 30.9 Å². The first kappa shape index (κ1) is 15.2. The Labute approximate surface area is 122 Å². The van der Waals surface area contributed by atoms with E-state index in [1.54, 1.807) is 11.6 Å². The van der Waals surface area contributed by atoms with Gasteiger partial charge in [0, 0.05) is 23.8 Å². The Balaban J connectivity index is 2.25. The molecule has 0 saturated heterocycles. The van der Waals surface area contributed by atoms with Crippen molar-refractivity contribution in [2.24, 2.45) is 7.05 Å². The smallest absolute Gasteiger partial charge is 0.242 e. The minimum absolute atomic E-state index is 0.180. The van der Waals surface area contributed by atoms with Crippen LogP contribution >= 0.6 is 11.3 Å². The van der Waals surface area contributed by atoms with Crippen LogP contribution < -0.4 is 4.72 Å². The number of nitrogens with one attached hydrogen (secondary N) is 1. The van der Waals surface area contributed by atoms with E-state index in [0.717, 1.165) is 4.88 Å². The molecule has 0 aliphatic rings. The first-order valence-electron chi connectivity index (χ1n) is 6.29. The zero-order valence-corrected chi connectivity index (χ0v) is 13.0. The molecule has 20 heavy (non-hydrogen) atoms. The van der Waals surface area contributed by atoms with Crippen LogP contribution in [0.4, 0.5) is 0 Å². The third-order valence-corrected chi connectivity index (χ3v) is 5.57. The molecule has 0 aromatic carbocycles. The predicted molar refractivity (Wildman–Crippen MR) is 79.0 cm³/mol. The molecule has 0 bridgehead atoms. The fourth-order valence-electron chi connectivity index (χ4n) is 1.97. The summed E-state index contributed by atoms with van der Waals surface area (Å²) < 4.78 is 29.1. The van der Waals surface area contributed by atoms with Crippen molar-refractivity contribution in [3.05, 3.63) is 40.3 Å². The molecular weight excluding hydrogens is 296 g/mol. The Hall–Kier alpha value is -1.15. The van der Waals surface area contributed by atoms with Gasteiger partial charge in [0.1, 0.15) is 0 Å². The van der Waals surface area contributed by atoms with Gasteiger partial charge in [0.25, 0.3) is 0 Å². The summed E-state index contributed by atoms with van der Waals surface area (Å²) in [4.78, 5) is 1.17. The molecule has 0 amide bonds. The molecule has 1 atom stereocenters. The van der Waals surface area contributed by atoms with Crippen LogP contribution in [0, 0.1) is 0 Å². The van der Waals surface area contributed by atoms with Crippen LogP contribution in [-0.2, 0) is 23.7 Å². The minimum Gasteiger partial charge on any atom is -0.390 e. The quantitative estimate of drug-likeness (QED) is 0.857. The number of aliphatic hydroxyl groups is 1. The largest absolute Gasteiger partial charge is 0.390 e. The van der Waals surface area contributed by atoms with Crippen LogP contribution in [0.15, 0.2) is 34.7 Å². The van der Waals surface area contributed by atoms with E-state index < -0.39 is 10.0 Å². The van der Waals surface area contributed by atoms with Crippen molar-refractivity contribution >= 4 is 21.4 Å². The van der Waals surface area contributed by atoms with Crippen molar-refractivity contribution in [2.75, 3.05) is 0 Å². The molecule has 2 heterocycles. The van der Waals surface area contributed by atoms with Gasteiger partial charge in [-0.15, -0.1) is 11.3 Å². The standard InChI is InChI=1S/C13H18N2O3S2/c1-3-12(13-5-4-6-19-13)14-20(17,18)11-7-10(9-16)15(2)8-11/h4-8,12,14,16H,3,9H2,1-2H3. The molecule has 0 fully saturated rings. The maximum Gasteiger partial charge on any atom is 0.242 e. The second-order valence-corrected chi connectivity index (χ2v) is 7.23. The van der Waals surface area contributed by atoms with E-state index >= 15 is 0 Å². The number of sulfonamides is 1. The molecule has 2 aromatic rings. The van der Waals surface area contributed by atoms with Gasteiger partial charge in [-0.05, 0) is 23.9 Å². The average Bonchev–Trinajstić information content (AvgIpc) is 3.05. The normalized spacial score (nSPS) is 13.6. The topological polar surface area (TPSA) is 71.3 Å². The fourth-order valence-corrected chi connectivity index (χ4v) is 4.30. The number of aliphatic hydroxyl groups excluding tert-OH is 1. The summed E-state index contributed by atoms with van der Waals surface area (Å²) in [7, 11) is -1.88. The first-order valence-corrected chi connectivity index (χ1v) is 8.66. The summed E-state index contributed by atoms with van der Waals surface area (Å²) in [5, 5.41) is 11.1. The highest BCUT2D eigenvalue weighted by atomic mass is 32.2. The average molecular weight is 314 g/mol. The molecule has 1 unspecified atom stereocenters. The second-order valence-electron chi connectivity index (χ2n) is 4.53. The molecule has 0 radical (unpaired) electrons. The number of hydrogen-bond acceptors (Lipinski definition) is 4. The first-order chi connectivity index (χ1) is 9.47. The summed E-state index contributed by atoms with van der Waals surface area (Å²) >= 11 is 1.53. The van der Waals surface area contributed by atoms with E-state index in [0.29, 0.717) is 12.1 Å². The lowest BCUT2D eigenvalue weighted by Gasteiger charge is -2.14. The minimum atomic E-state index is -3.58. The summed E-state index contributed by atoms with van der Waals surface area (Å²) in [5.41, 5.74) is 0.564. The molecule has 0 spiro atoms. The van der Waals surface area contributed by atoms with Crippen LogP contribution in [0.3, 0.4) is 0 Å². The van der Waals surface area contributed by atoms with E-state index in [9.17, 15) is 8.42 Å². The van der Waals surface area contributed by atoms with Crippen molar-refractivity contribution in [3.8, 4) is 0 Å². The summed E-state index contributed by atoms with van der Waals surface area (Å²) in [5.74, 6) is 0. The highest BCUT2D eigenvalue weighted by Crippen LogP contribution is 2.24. The van der Waals surface area contributed by atoms with Gasteiger partial charge in [0.2, 0.25) is 10.0 Å².